The van der Waals surface area contributed by atoms with E-state index in [2.05, 4.69) is 38.2 Å². The molecule has 4 rings (SSSR count). The number of piperazine rings is 1. The second-order valence-electron chi connectivity index (χ2n) is 6.52. The van der Waals surface area contributed by atoms with Crippen LogP contribution in [-0.4, -0.2) is 59.6 Å². The quantitative estimate of drug-likeness (QED) is 0.838. The van der Waals surface area contributed by atoms with Crippen LogP contribution in [-0.2, 0) is 13.0 Å². The monoisotopic (exact) mass is 356 g/mol. The van der Waals surface area contributed by atoms with Gasteiger partial charge in [-0.2, -0.15) is 11.8 Å². The minimum Gasteiger partial charge on any atom is -0.487 e. The minimum absolute atomic E-state index is 0.523. The normalized spacial score (nSPS) is 17.4. The van der Waals surface area contributed by atoms with Crippen molar-refractivity contribution in [1.82, 2.24) is 14.9 Å². The Balaban J connectivity index is 1.55. The molecule has 2 aromatic rings. The number of anilines is 1. The first-order valence-corrected chi connectivity index (χ1v) is 10.2. The van der Waals surface area contributed by atoms with Gasteiger partial charge < -0.3 is 9.64 Å². The molecule has 0 atom stereocenters. The molecule has 0 unspecified atom stereocenters. The van der Waals surface area contributed by atoms with E-state index >= 15 is 0 Å². The largest absolute Gasteiger partial charge is 0.487 e. The van der Waals surface area contributed by atoms with Gasteiger partial charge in [-0.1, -0.05) is 18.2 Å². The third kappa shape index (κ3) is 3.60. The van der Waals surface area contributed by atoms with Crippen molar-refractivity contribution in [1.29, 1.82) is 0 Å². The van der Waals surface area contributed by atoms with Gasteiger partial charge in [-0.25, -0.2) is 9.97 Å². The Morgan fingerprint density at radius 1 is 1.12 bits per heavy atom. The van der Waals surface area contributed by atoms with Crippen molar-refractivity contribution in [2.45, 2.75) is 13.0 Å². The molecule has 0 aliphatic carbocycles. The standard InChI is InChI=1S/C19H24N4OS/c1-25-11-10-22-6-8-23(9-7-22)19-16-12-15-4-2-3-5-18(15)24-13-17(16)20-14-21-19/h2-5,14H,6-13H2,1H3. The number of nitrogens with zero attached hydrogens (tertiary/aromatic N) is 4. The van der Waals surface area contributed by atoms with E-state index in [1.165, 1.54) is 23.4 Å². The molecule has 0 spiro atoms. The second kappa shape index (κ2) is 7.62. The smallest absolute Gasteiger partial charge is 0.135 e. The molecule has 1 aromatic carbocycles. The first-order valence-electron chi connectivity index (χ1n) is 8.85. The fraction of sp³-hybridized carbons (Fsp3) is 0.474. The Morgan fingerprint density at radius 2 is 1.96 bits per heavy atom. The van der Waals surface area contributed by atoms with E-state index in [4.69, 9.17) is 4.74 Å². The van der Waals surface area contributed by atoms with Crippen molar-refractivity contribution in [3.8, 4) is 5.75 Å². The summed E-state index contributed by atoms with van der Waals surface area (Å²) in [6, 6.07) is 8.27. The van der Waals surface area contributed by atoms with Crippen LogP contribution in [0.2, 0.25) is 0 Å². The third-order valence-electron chi connectivity index (χ3n) is 5.00. The average Bonchev–Trinajstić information content (AvgIpc) is 2.86. The number of thioether (sulfide) groups is 1. The van der Waals surface area contributed by atoms with Gasteiger partial charge in [-0.3, -0.25) is 4.90 Å². The summed E-state index contributed by atoms with van der Waals surface area (Å²) in [6.45, 7) is 5.97. The van der Waals surface area contributed by atoms with E-state index in [9.17, 15) is 0 Å². The molecule has 132 valence electrons. The van der Waals surface area contributed by atoms with Crippen LogP contribution in [0.5, 0.6) is 5.75 Å². The summed E-state index contributed by atoms with van der Waals surface area (Å²) in [6.07, 6.45) is 4.70. The zero-order valence-electron chi connectivity index (χ0n) is 14.6. The molecule has 1 aromatic heterocycles. The van der Waals surface area contributed by atoms with Gasteiger partial charge in [0.05, 0.1) is 5.69 Å². The molecule has 2 aliphatic rings. The van der Waals surface area contributed by atoms with Gasteiger partial charge in [0.2, 0.25) is 0 Å². The van der Waals surface area contributed by atoms with Gasteiger partial charge in [-0.15, -0.1) is 0 Å². The number of hydrogen-bond donors (Lipinski definition) is 0. The first kappa shape index (κ1) is 16.7. The molecule has 3 heterocycles. The maximum absolute atomic E-state index is 5.96. The van der Waals surface area contributed by atoms with Crippen LogP contribution in [0, 0.1) is 0 Å². The van der Waals surface area contributed by atoms with Gasteiger partial charge in [-0.05, 0) is 17.9 Å². The van der Waals surface area contributed by atoms with E-state index in [-0.39, 0.29) is 0 Å². The predicted octanol–water partition coefficient (Wildman–Crippen LogP) is 2.44. The molecule has 0 amide bonds. The summed E-state index contributed by atoms with van der Waals surface area (Å²) in [5, 5.41) is 0. The van der Waals surface area contributed by atoms with Crippen LogP contribution >= 0.6 is 11.8 Å². The number of ether oxygens (including phenoxy) is 1. The Hall–Kier alpha value is -1.79. The number of rotatable bonds is 4. The zero-order valence-corrected chi connectivity index (χ0v) is 15.5. The van der Waals surface area contributed by atoms with Gasteiger partial charge in [0.15, 0.2) is 0 Å². The molecular formula is C19H24N4OS. The maximum atomic E-state index is 5.96. The minimum atomic E-state index is 0.523. The molecule has 0 radical (unpaired) electrons. The summed E-state index contributed by atoms with van der Waals surface area (Å²) in [5.74, 6) is 3.26. The molecule has 25 heavy (non-hydrogen) atoms. The van der Waals surface area contributed by atoms with E-state index < -0.39 is 0 Å². The summed E-state index contributed by atoms with van der Waals surface area (Å²) in [4.78, 5) is 14.1. The lowest BCUT2D eigenvalue weighted by molar-refractivity contribution is 0.272. The fourth-order valence-corrected chi connectivity index (χ4v) is 3.99. The summed E-state index contributed by atoms with van der Waals surface area (Å²) < 4.78 is 5.96. The molecule has 0 saturated carbocycles. The van der Waals surface area contributed by atoms with E-state index in [1.54, 1.807) is 6.33 Å². The molecule has 1 fully saturated rings. The number of benzene rings is 1. The highest BCUT2D eigenvalue weighted by molar-refractivity contribution is 7.98. The van der Waals surface area contributed by atoms with Gasteiger partial charge >= 0.3 is 0 Å². The predicted molar refractivity (Wildman–Crippen MR) is 103 cm³/mol. The SMILES string of the molecule is CSCCN1CCN(c2ncnc3c2Cc2ccccc2OC3)CC1. The van der Waals surface area contributed by atoms with Crippen molar-refractivity contribution in [2.75, 3.05) is 49.6 Å². The van der Waals surface area contributed by atoms with Gasteiger partial charge in [0.1, 0.15) is 24.5 Å². The molecule has 6 heteroatoms. The van der Waals surface area contributed by atoms with Crippen LogP contribution in [0.15, 0.2) is 30.6 Å². The summed E-state index contributed by atoms with van der Waals surface area (Å²) in [5.41, 5.74) is 3.46. The zero-order chi connectivity index (χ0) is 17.1. The summed E-state index contributed by atoms with van der Waals surface area (Å²) >= 11 is 1.92. The van der Waals surface area contributed by atoms with Crippen molar-refractivity contribution in [3.63, 3.8) is 0 Å². The number of para-hydroxylation sites is 1. The molecule has 0 bridgehead atoms. The van der Waals surface area contributed by atoms with Crippen LogP contribution in [0.25, 0.3) is 0 Å². The lowest BCUT2D eigenvalue weighted by atomic mass is 10.0. The maximum Gasteiger partial charge on any atom is 0.135 e. The van der Waals surface area contributed by atoms with Gasteiger partial charge in [0, 0.05) is 50.5 Å². The first-order chi connectivity index (χ1) is 12.3. The van der Waals surface area contributed by atoms with Crippen molar-refractivity contribution in [3.05, 3.63) is 47.4 Å². The summed E-state index contributed by atoms with van der Waals surface area (Å²) in [7, 11) is 0. The van der Waals surface area contributed by atoms with Crippen LogP contribution in [0.3, 0.4) is 0 Å². The Bertz CT molecular complexity index is 731. The van der Waals surface area contributed by atoms with E-state index in [0.717, 1.165) is 49.9 Å². The van der Waals surface area contributed by atoms with Crippen molar-refractivity contribution in [2.24, 2.45) is 0 Å². The lowest BCUT2D eigenvalue weighted by Gasteiger charge is -2.36. The van der Waals surface area contributed by atoms with Crippen molar-refractivity contribution >= 4 is 17.6 Å². The molecule has 2 aliphatic heterocycles. The molecule has 1 saturated heterocycles. The van der Waals surface area contributed by atoms with Crippen molar-refractivity contribution < 1.29 is 4.74 Å². The number of aromatic nitrogens is 2. The fourth-order valence-electron chi connectivity index (χ4n) is 3.55. The average molecular weight is 356 g/mol. The Kier molecular flexibility index (Phi) is 5.08. The molecule has 0 N–H and O–H groups in total. The van der Waals surface area contributed by atoms with Crippen LogP contribution < -0.4 is 9.64 Å². The number of fused-ring (bicyclic) bond motifs is 2. The topological polar surface area (TPSA) is 41.5 Å². The van der Waals surface area contributed by atoms with E-state index in [0.29, 0.717) is 6.61 Å². The highest BCUT2D eigenvalue weighted by Gasteiger charge is 2.24. The molecule has 5 nitrogen and oxygen atoms in total. The van der Waals surface area contributed by atoms with Gasteiger partial charge in [0.25, 0.3) is 0 Å². The highest BCUT2D eigenvalue weighted by Crippen LogP contribution is 2.31. The van der Waals surface area contributed by atoms with E-state index in [1.807, 2.05) is 23.9 Å². The Morgan fingerprint density at radius 3 is 2.80 bits per heavy atom. The van der Waals surface area contributed by atoms with Crippen LogP contribution in [0.1, 0.15) is 16.8 Å². The lowest BCUT2D eigenvalue weighted by Crippen LogP contribution is -2.47. The highest BCUT2D eigenvalue weighted by atomic mass is 32.2. The Labute approximate surface area is 153 Å². The van der Waals surface area contributed by atoms with Crippen LogP contribution in [0.4, 0.5) is 5.82 Å². The third-order valence-corrected chi connectivity index (χ3v) is 5.59. The second-order valence-corrected chi connectivity index (χ2v) is 7.50. The number of hydrogen-bond acceptors (Lipinski definition) is 6. The molecular weight excluding hydrogens is 332 g/mol.